The van der Waals surface area contributed by atoms with Crippen molar-refractivity contribution in [2.45, 2.75) is 38.6 Å². The first kappa shape index (κ1) is 12.8. The molecule has 0 spiro atoms. The summed E-state index contributed by atoms with van der Waals surface area (Å²) >= 11 is 0. The number of nitrogens with two attached hydrogens (primary N) is 1. The standard InChI is InChI=1S/C12H20N2O2/c1-10(11-6-5-9-16-11)14-12(15)7-3-2-4-8-13/h5-6,9-10H,2-4,7-8,13H2,1H3,(H,14,15). The molecule has 90 valence electrons. The summed E-state index contributed by atoms with van der Waals surface area (Å²) in [6, 6.07) is 3.62. The molecule has 1 aromatic heterocycles. The fourth-order valence-corrected chi connectivity index (χ4v) is 1.53. The van der Waals surface area contributed by atoms with Gasteiger partial charge < -0.3 is 15.5 Å². The lowest BCUT2D eigenvalue weighted by Gasteiger charge is -2.11. The number of furan rings is 1. The summed E-state index contributed by atoms with van der Waals surface area (Å²) in [5.41, 5.74) is 5.38. The highest BCUT2D eigenvalue weighted by molar-refractivity contribution is 5.76. The number of carbonyl (C=O) groups excluding carboxylic acids is 1. The lowest BCUT2D eigenvalue weighted by molar-refractivity contribution is -0.122. The predicted octanol–water partition coefficient (Wildman–Crippen LogP) is 1.98. The van der Waals surface area contributed by atoms with E-state index in [1.165, 1.54) is 0 Å². The summed E-state index contributed by atoms with van der Waals surface area (Å²) in [6.45, 7) is 2.61. The van der Waals surface area contributed by atoms with Gasteiger partial charge in [-0.05, 0) is 38.4 Å². The Hall–Kier alpha value is -1.29. The molecule has 0 aliphatic heterocycles. The first-order valence-electron chi connectivity index (χ1n) is 5.77. The molecule has 0 bridgehead atoms. The van der Waals surface area contributed by atoms with Crippen LogP contribution in [0.1, 0.15) is 44.4 Å². The van der Waals surface area contributed by atoms with Crippen molar-refractivity contribution in [3.05, 3.63) is 24.2 Å². The van der Waals surface area contributed by atoms with Gasteiger partial charge in [-0.3, -0.25) is 4.79 Å². The van der Waals surface area contributed by atoms with Crippen molar-refractivity contribution in [1.29, 1.82) is 0 Å². The van der Waals surface area contributed by atoms with Crippen LogP contribution in [0.5, 0.6) is 0 Å². The van der Waals surface area contributed by atoms with E-state index in [0.717, 1.165) is 25.0 Å². The van der Waals surface area contributed by atoms with Gasteiger partial charge >= 0.3 is 0 Å². The van der Waals surface area contributed by atoms with Gasteiger partial charge in [0.2, 0.25) is 5.91 Å². The van der Waals surface area contributed by atoms with Crippen LogP contribution in [0.2, 0.25) is 0 Å². The van der Waals surface area contributed by atoms with Crippen molar-refractivity contribution < 1.29 is 9.21 Å². The summed E-state index contributed by atoms with van der Waals surface area (Å²) in [4.78, 5) is 11.5. The molecule has 4 nitrogen and oxygen atoms in total. The zero-order valence-electron chi connectivity index (χ0n) is 9.74. The van der Waals surface area contributed by atoms with Crippen molar-refractivity contribution in [1.82, 2.24) is 5.32 Å². The molecule has 1 atom stereocenters. The van der Waals surface area contributed by atoms with Gasteiger partial charge in [0.15, 0.2) is 0 Å². The van der Waals surface area contributed by atoms with Gasteiger partial charge in [0, 0.05) is 6.42 Å². The molecule has 1 aromatic rings. The second-order valence-electron chi connectivity index (χ2n) is 3.90. The summed E-state index contributed by atoms with van der Waals surface area (Å²) in [6.07, 6.45) is 5.07. The summed E-state index contributed by atoms with van der Waals surface area (Å²) in [7, 11) is 0. The molecule has 16 heavy (non-hydrogen) atoms. The number of hydrogen-bond donors (Lipinski definition) is 2. The molecule has 0 aliphatic rings. The van der Waals surface area contributed by atoms with Gasteiger partial charge in [-0.2, -0.15) is 0 Å². The maximum Gasteiger partial charge on any atom is 0.220 e. The fourth-order valence-electron chi connectivity index (χ4n) is 1.53. The quantitative estimate of drug-likeness (QED) is 0.696. The van der Waals surface area contributed by atoms with Crippen LogP contribution in [0, 0.1) is 0 Å². The van der Waals surface area contributed by atoms with E-state index < -0.39 is 0 Å². The van der Waals surface area contributed by atoms with Crippen molar-refractivity contribution >= 4 is 5.91 Å². The highest BCUT2D eigenvalue weighted by Crippen LogP contribution is 2.12. The van der Waals surface area contributed by atoms with Gasteiger partial charge in [0.05, 0.1) is 12.3 Å². The maximum absolute atomic E-state index is 11.5. The molecule has 1 unspecified atom stereocenters. The Balaban J connectivity index is 2.19. The number of rotatable bonds is 7. The molecular formula is C12H20N2O2. The first-order chi connectivity index (χ1) is 7.74. The molecule has 0 radical (unpaired) electrons. The zero-order chi connectivity index (χ0) is 11.8. The molecule has 0 fully saturated rings. The van der Waals surface area contributed by atoms with Gasteiger partial charge in [0.1, 0.15) is 5.76 Å². The first-order valence-corrected chi connectivity index (χ1v) is 5.77. The van der Waals surface area contributed by atoms with E-state index in [4.69, 9.17) is 10.2 Å². The Kier molecular flexibility index (Phi) is 5.64. The molecule has 4 heteroatoms. The molecule has 1 heterocycles. The van der Waals surface area contributed by atoms with Crippen molar-refractivity contribution in [3.8, 4) is 0 Å². The Morgan fingerprint density at radius 1 is 1.50 bits per heavy atom. The van der Waals surface area contributed by atoms with Gasteiger partial charge in [0.25, 0.3) is 0 Å². The Morgan fingerprint density at radius 3 is 2.94 bits per heavy atom. The van der Waals surface area contributed by atoms with Crippen LogP contribution in [-0.2, 0) is 4.79 Å². The van der Waals surface area contributed by atoms with Crippen LogP contribution in [0.4, 0.5) is 0 Å². The Bertz CT molecular complexity index is 296. The molecule has 0 saturated carbocycles. The molecule has 0 aromatic carbocycles. The van der Waals surface area contributed by atoms with E-state index in [1.807, 2.05) is 19.1 Å². The average Bonchev–Trinajstić information content (AvgIpc) is 2.77. The predicted molar refractivity (Wildman–Crippen MR) is 62.8 cm³/mol. The highest BCUT2D eigenvalue weighted by atomic mass is 16.3. The van der Waals surface area contributed by atoms with Crippen molar-refractivity contribution in [2.75, 3.05) is 6.54 Å². The van der Waals surface area contributed by atoms with E-state index in [2.05, 4.69) is 5.32 Å². The van der Waals surface area contributed by atoms with E-state index in [-0.39, 0.29) is 11.9 Å². The lowest BCUT2D eigenvalue weighted by atomic mass is 10.1. The minimum absolute atomic E-state index is 0.0583. The SMILES string of the molecule is CC(NC(=O)CCCCCN)c1ccco1. The third-order valence-electron chi connectivity index (χ3n) is 2.46. The van der Waals surface area contributed by atoms with Crippen molar-refractivity contribution in [3.63, 3.8) is 0 Å². The van der Waals surface area contributed by atoms with Crippen LogP contribution < -0.4 is 11.1 Å². The normalized spacial score (nSPS) is 12.4. The molecule has 1 amide bonds. The maximum atomic E-state index is 11.5. The van der Waals surface area contributed by atoms with Crippen LogP contribution in [0.15, 0.2) is 22.8 Å². The molecule has 3 N–H and O–H groups in total. The van der Waals surface area contributed by atoms with Crippen LogP contribution in [0.3, 0.4) is 0 Å². The van der Waals surface area contributed by atoms with Gasteiger partial charge in [-0.25, -0.2) is 0 Å². The van der Waals surface area contributed by atoms with Gasteiger partial charge in [-0.1, -0.05) is 6.42 Å². The van der Waals surface area contributed by atoms with E-state index in [1.54, 1.807) is 6.26 Å². The fraction of sp³-hybridized carbons (Fsp3) is 0.583. The third kappa shape index (κ3) is 4.49. The van der Waals surface area contributed by atoms with E-state index in [0.29, 0.717) is 13.0 Å². The number of amides is 1. The van der Waals surface area contributed by atoms with Crippen molar-refractivity contribution in [2.24, 2.45) is 5.73 Å². The number of unbranched alkanes of at least 4 members (excludes halogenated alkanes) is 2. The Labute approximate surface area is 96.2 Å². The minimum atomic E-state index is -0.0583. The van der Waals surface area contributed by atoms with E-state index >= 15 is 0 Å². The largest absolute Gasteiger partial charge is 0.467 e. The molecule has 1 rings (SSSR count). The van der Waals surface area contributed by atoms with E-state index in [9.17, 15) is 4.79 Å². The summed E-state index contributed by atoms with van der Waals surface area (Å²) in [5.74, 6) is 0.858. The summed E-state index contributed by atoms with van der Waals surface area (Å²) < 4.78 is 5.21. The monoisotopic (exact) mass is 224 g/mol. The lowest BCUT2D eigenvalue weighted by Crippen LogP contribution is -2.26. The number of nitrogens with one attached hydrogen (secondary N) is 1. The molecular weight excluding hydrogens is 204 g/mol. The second kappa shape index (κ2) is 7.06. The highest BCUT2D eigenvalue weighted by Gasteiger charge is 2.10. The van der Waals surface area contributed by atoms with Crippen LogP contribution >= 0.6 is 0 Å². The van der Waals surface area contributed by atoms with Crippen LogP contribution in [0.25, 0.3) is 0 Å². The number of carbonyl (C=O) groups is 1. The topological polar surface area (TPSA) is 68.3 Å². The molecule has 0 saturated heterocycles. The summed E-state index contributed by atoms with van der Waals surface area (Å²) in [5, 5.41) is 2.90. The smallest absolute Gasteiger partial charge is 0.220 e. The second-order valence-corrected chi connectivity index (χ2v) is 3.90. The Morgan fingerprint density at radius 2 is 2.31 bits per heavy atom. The molecule has 0 aliphatic carbocycles. The number of hydrogen-bond acceptors (Lipinski definition) is 3. The van der Waals surface area contributed by atoms with Gasteiger partial charge in [-0.15, -0.1) is 0 Å². The third-order valence-corrected chi connectivity index (χ3v) is 2.46. The minimum Gasteiger partial charge on any atom is -0.467 e. The average molecular weight is 224 g/mol. The van der Waals surface area contributed by atoms with Crippen LogP contribution in [-0.4, -0.2) is 12.5 Å². The zero-order valence-corrected chi connectivity index (χ0v) is 9.74.